The minimum Gasteiger partial charge on any atom is -0.316 e. The summed E-state index contributed by atoms with van der Waals surface area (Å²) in [5.74, 6) is 0.792. The van der Waals surface area contributed by atoms with Gasteiger partial charge in [0.05, 0.1) is 0 Å². The minimum atomic E-state index is 0.792. The molecule has 0 spiro atoms. The molecule has 1 saturated heterocycles. The highest BCUT2D eigenvalue weighted by Gasteiger charge is 2.27. The summed E-state index contributed by atoms with van der Waals surface area (Å²) in [6, 6.07) is 9.78. The first-order chi connectivity index (χ1) is 8.84. The first kappa shape index (κ1) is 12.2. The van der Waals surface area contributed by atoms with Crippen LogP contribution >= 0.6 is 0 Å². The molecule has 0 saturated carbocycles. The van der Waals surface area contributed by atoms with Crippen molar-refractivity contribution in [2.75, 3.05) is 26.2 Å². The van der Waals surface area contributed by atoms with E-state index in [-0.39, 0.29) is 0 Å². The van der Waals surface area contributed by atoms with Crippen LogP contribution in [0.4, 0.5) is 0 Å². The average Bonchev–Trinajstić information content (AvgIpc) is 2.62. The second kappa shape index (κ2) is 5.41. The van der Waals surface area contributed by atoms with Crippen molar-refractivity contribution in [1.29, 1.82) is 0 Å². The zero-order valence-electron chi connectivity index (χ0n) is 11.4. The third-order valence-electron chi connectivity index (χ3n) is 4.66. The Balaban J connectivity index is 1.70. The summed E-state index contributed by atoms with van der Waals surface area (Å²) in [5, 5.41) is 3.51. The highest BCUT2D eigenvalue weighted by Crippen LogP contribution is 2.22. The summed E-state index contributed by atoms with van der Waals surface area (Å²) in [6.07, 6.45) is 3.77. The molecule has 2 heterocycles. The van der Waals surface area contributed by atoms with E-state index >= 15 is 0 Å². The molecule has 3 rings (SSSR count). The van der Waals surface area contributed by atoms with Crippen LogP contribution in [-0.2, 0) is 12.8 Å². The monoisotopic (exact) mass is 244 g/mol. The lowest BCUT2D eigenvalue weighted by Crippen LogP contribution is -2.49. The fourth-order valence-corrected chi connectivity index (χ4v) is 3.56. The van der Waals surface area contributed by atoms with Crippen LogP contribution in [-0.4, -0.2) is 37.1 Å². The first-order valence-corrected chi connectivity index (χ1v) is 7.36. The second-order valence-electron chi connectivity index (χ2n) is 5.84. The maximum atomic E-state index is 3.51. The van der Waals surface area contributed by atoms with E-state index in [0.29, 0.717) is 0 Å². The van der Waals surface area contributed by atoms with Crippen molar-refractivity contribution in [1.82, 2.24) is 10.2 Å². The summed E-state index contributed by atoms with van der Waals surface area (Å²) in [7, 11) is 0. The van der Waals surface area contributed by atoms with Crippen LogP contribution in [0.5, 0.6) is 0 Å². The maximum absolute atomic E-state index is 3.51. The Hall–Kier alpha value is -0.860. The van der Waals surface area contributed by atoms with E-state index in [1.54, 1.807) is 11.1 Å². The Morgan fingerprint density at radius 3 is 2.39 bits per heavy atom. The third kappa shape index (κ3) is 2.45. The van der Waals surface area contributed by atoms with Crippen molar-refractivity contribution in [2.45, 2.75) is 32.2 Å². The van der Waals surface area contributed by atoms with Gasteiger partial charge in [-0.05, 0) is 49.4 Å². The summed E-state index contributed by atoms with van der Waals surface area (Å²) in [4.78, 5) is 2.74. The van der Waals surface area contributed by atoms with Gasteiger partial charge in [-0.3, -0.25) is 4.90 Å². The van der Waals surface area contributed by atoms with E-state index in [1.165, 1.54) is 45.4 Å². The molecule has 0 aliphatic carbocycles. The number of hydrogen-bond donors (Lipinski definition) is 1. The van der Waals surface area contributed by atoms with Gasteiger partial charge >= 0.3 is 0 Å². The van der Waals surface area contributed by atoms with Crippen LogP contribution in [0.25, 0.3) is 0 Å². The molecule has 2 nitrogen and oxygen atoms in total. The standard InChI is InChI=1S/C16H24N2/c1-13-12-17-9-6-16(13)18-10-7-14-4-2-3-5-15(14)8-11-18/h2-5,13,16-17H,6-12H2,1H3. The zero-order valence-corrected chi connectivity index (χ0v) is 11.4. The van der Waals surface area contributed by atoms with Crippen LogP contribution in [0.1, 0.15) is 24.5 Å². The molecule has 1 aromatic carbocycles. The molecule has 2 unspecified atom stereocenters. The zero-order chi connectivity index (χ0) is 12.4. The van der Waals surface area contributed by atoms with Crippen molar-refractivity contribution in [3.8, 4) is 0 Å². The second-order valence-corrected chi connectivity index (χ2v) is 5.84. The molecule has 0 amide bonds. The van der Waals surface area contributed by atoms with Crippen molar-refractivity contribution in [3.63, 3.8) is 0 Å². The van der Waals surface area contributed by atoms with Crippen molar-refractivity contribution in [2.24, 2.45) is 5.92 Å². The third-order valence-corrected chi connectivity index (χ3v) is 4.66. The summed E-state index contributed by atoms with van der Waals surface area (Å²) in [6.45, 7) is 7.26. The molecule has 2 aliphatic rings. The molecule has 2 atom stereocenters. The normalized spacial score (nSPS) is 29.6. The van der Waals surface area contributed by atoms with Gasteiger partial charge in [-0.25, -0.2) is 0 Å². The Kier molecular flexibility index (Phi) is 3.67. The average molecular weight is 244 g/mol. The molecule has 1 aromatic rings. The number of nitrogens with zero attached hydrogens (tertiary/aromatic N) is 1. The van der Waals surface area contributed by atoms with Crippen LogP contribution in [0.2, 0.25) is 0 Å². The van der Waals surface area contributed by atoms with E-state index in [0.717, 1.165) is 12.0 Å². The van der Waals surface area contributed by atoms with Crippen LogP contribution in [0.15, 0.2) is 24.3 Å². The maximum Gasteiger partial charge on any atom is 0.0145 e. The van der Waals surface area contributed by atoms with E-state index in [9.17, 15) is 0 Å². The van der Waals surface area contributed by atoms with Gasteiger partial charge in [0.25, 0.3) is 0 Å². The number of fused-ring (bicyclic) bond motifs is 1. The number of hydrogen-bond acceptors (Lipinski definition) is 2. The van der Waals surface area contributed by atoms with Gasteiger partial charge in [-0.1, -0.05) is 31.2 Å². The molecule has 0 aromatic heterocycles. The highest BCUT2D eigenvalue weighted by molar-refractivity contribution is 5.28. The Bertz CT molecular complexity index is 375. The molecule has 2 aliphatic heterocycles. The van der Waals surface area contributed by atoms with Gasteiger partial charge in [0, 0.05) is 19.1 Å². The van der Waals surface area contributed by atoms with Gasteiger partial charge in [0.2, 0.25) is 0 Å². The Labute approximate surface area is 110 Å². The largest absolute Gasteiger partial charge is 0.316 e. The predicted molar refractivity (Wildman–Crippen MR) is 75.9 cm³/mol. The fraction of sp³-hybridized carbons (Fsp3) is 0.625. The SMILES string of the molecule is CC1CNCCC1N1CCc2ccccc2CC1. The Morgan fingerprint density at radius 1 is 1.11 bits per heavy atom. The Morgan fingerprint density at radius 2 is 1.78 bits per heavy atom. The molecular formula is C16H24N2. The van der Waals surface area contributed by atoms with Crippen LogP contribution in [0, 0.1) is 5.92 Å². The van der Waals surface area contributed by atoms with Gasteiger partial charge in [-0.15, -0.1) is 0 Å². The molecule has 2 heteroatoms. The lowest BCUT2D eigenvalue weighted by Gasteiger charge is -2.38. The molecular weight excluding hydrogens is 220 g/mol. The fourth-order valence-electron chi connectivity index (χ4n) is 3.56. The number of rotatable bonds is 1. The molecule has 0 radical (unpaired) electrons. The van der Waals surface area contributed by atoms with Crippen molar-refractivity contribution < 1.29 is 0 Å². The summed E-state index contributed by atoms with van der Waals surface area (Å²) >= 11 is 0. The van der Waals surface area contributed by atoms with Gasteiger partial charge in [0.1, 0.15) is 0 Å². The smallest absolute Gasteiger partial charge is 0.0145 e. The highest BCUT2D eigenvalue weighted by atomic mass is 15.2. The number of piperidine rings is 1. The van der Waals surface area contributed by atoms with Gasteiger partial charge in [-0.2, -0.15) is 0 Å². The first-order valence-electron chi connectivity index (χ1n) is 7.36. The molecule has 98 valence electrons. The van der Waals surface area contributed by atoms with Gasteiger partial charge < -0.3 is 5.32 Å². The molecule has 0 bridgehead atoms. The molecule has 1 fully saturated rings. The van der Waals surface area contributed by atoms with E-state index in [1.807, 2.05) is 0 Å². The lowest BCUT2D eigenvalue weighted by molar-refractivity contribution is 0.125. The quantitative estimate of drug-likeness (QED) is 0.814. The van der Waals surface area contributed by atoms with Crippen LogP contribution in [0.3, 0.4) is 0 Å². The predicted octanol–water partition coefficient (Wildman–Crippen LogP) is 2.09. The van der Waals surface area contributed by atoms with Crippen molar-refractivity contribution in [3.05, 3.63) is 35.4 Å². The lowest BCUT2D eigenvalue weighted by atomic mass is 9.93. The van der Waals surface area contributed by atoms with Crippen molar-refractivity contribution >= 4 is 0 Å². The van der Waals surface area contributed by atoms with E-state index in [4.69, 9.17) is 0 Å². The number of benzene rings is 1. The van der Waals surface area contributed by atoms with Gasteiger partial charge in [0.15, 0.2) is 0 Å². The van der Waals surface area contributed by atoms with E-state index in [2.05, 4.69) is 41.4 Å². The van der Waals surface area contributed by atoms with E-state index < -0.39 is 0 Å². The topological polar surface area (TPSA) is 15.3 Å². The summed E-state index contributed by atoms with van der Waals surface area (Å²) < 4.78 is 0. The minimum absolute atomic E-state index is 0.792. The summed E-state index contributed by atoms with van der Waals surface area (Å²) in [5.41, 5.74) is 3.14. The van der Waals surface area contributed by atoms with Crippen LogP contribution < -0.4 is 5.32 Å². The molecule has 18 heavy (non-hydrogen) atoms. The molecule has 1 N–H and O–H groups in total. The number of nitrogens with one attached hydrogen (secondary N) is 1.